The van der Waals surface area contributed by atoms with E-state index in [9.17, 15) is 4.79 Å². The Morgan fingerprint density at radius 3 is 2.58 bits per heavy atom. The number of likely N-dealkylation sites (tertiary alicyclic amines) is 1. The second-order valence-electron chi connectivity index (χ2n) is 8.51. The number of nitrogens with one attached hydrogen (secondary N) is 1. The number of nitrogens with zero attached hydrogens (tertiary/aromatic N) is 2. The van der Waals surface area contributed by atoms with Crippen LogP contribution in [-0.2, 0) is 17.9 Å². The minimum absolute atomic E-state index is 0.0434. The maximum Gasteiger partial charge on any atom is 0.223 e. The highest BCUT2D eigenvalue weighted by Crippen LogP contribution is 2.28. The summed E-state index contributed by atoms with van der Waals surface area (Å²) in [4.78, 5) is 15.3. The van der Waals surface area contributed by atoms with Crippen molar-refractivity contribution in [2.75, 3.05) is 20.2 Å². The topological polar surface area (TPSA) is 46.5 Å². The van der Waals surface area contributed by atoms with Gasteiger partial charge < -0.3 is 14.6 Å². The second kappa shape index (κ2) is 9.56. The van der Waals surface area contributed by atoms with E-state index in [0.29, 0.717) is 0 Å². The predicted octanol–water partition coefficient (Wildman–Crippen LogP) is 4.76. The summed E-state index contributed by atoms with van der Waals surface area (Å²) >= 11 is 0. The number of fused-ring (bicyclic) bond motifs is 1. The Bertz CT molecular complexity index is 1020. The lowest BCUT2D eigenvalue weighted by molar-refractivity contribution is -0.127. The molecule has 0 radical (unpaired) electrons. The Morgan fingerprint density at radius 1 is 1.16 bits per heavy atom. The zero-order chi connectivity index (χ0) is 21.8. The third kappa shape index (κ3) is 4.77. The largest absolute Gasteiger partial charge is 0.497 e. The molecule has 5 heteroatoms. The zero-order valence-corrected chi connectivity index (χ0v) is 18.8. The van der Waals surface area contributed by atoms with E-state index in [1.54, 1.807) is 7.11 Å². The number of piperidine rings is 1. The molecule has 2 heterocycles. The van der Waals surface area contributed by atoms with Gasteiger partial charge in [-0.2, -0.15) is 0 Å². The van der Waals surface area contributed by atoms with Crippen LogP contribution in [0.5, 0.6) is 5.75 Å². The van der Waals surface area contributed by atoms with Crippen LogP contribution in [-0.4, -0.2) is 35.6 Å². The van der Waals surface area contributed by atoms with Crippen LogP contribution < -0.4 is 10.1 Å². The van der Waals surface area contributed by atoms with Crippen molar-refractivity contribution in [2.24, 2.45) is 5.92 Å². The van der Waals surface area contributed by atoms with Gasteiger partial charge in [-0.1, -0.05) is 30.3 Å². The van der Waals surface area contributed by atoms with E-state index in [1.165, 1.54) is 16.5 Å². The van der Waals surface area contributed by atoms with Crippen molar-refractivity contribution < 1.29 is 9.53 Å². The third-order valence-corrected chi connectivity index (χ3v) is 6.52. The average Bonchev–Trinajstić information content (AvgIpc) is 3.16. The van der Waals surface area contributed by atoms with Crippen LogP contribution >= 0.6 is 0 Å². The number of benzene rings is 2. The van der Waals surface area contributed by atoms with Gasteiger partial charge in [-0.3, -0.25) is 9.69 Å². The Labute approximate surface area is 185 Å². The summed E-state index contributed by atoms with van der Waals surface area (Å²) in [6.45, 7) is 7.98. The maximum atomic E-state index is 12.8. The number of hydrogen-bond acceptors (Lipinski definition) is 3. The molecule has 1 fully saturated rings. The van der Waals surface area contributed by atoms with Gasteiger partial charge in [0.1, 0.15) is 5.75 Å². The van der Waals surface area contributed by atoms with E-state index in [-0.39, 0.29) is 17.9 Å². The molecule has 1 aliphatic heterocycles. The molecule has 0 spiro atoms. The number of rotatable bonds is 7. The van der Waals surface area contributed by atoms with E-state index >= 15 is 0 Å². The van der Waals surface area contributed by atoms with Crippen LogP contribution in [0.15, 0.2) is 54.7 Å². The standard InChI is InChI=1S/C26H33N3O2/c1-4-29-18-22(24-16-23(31-3)10-11-25(24)29)17-28-14-12-21(13-15-28)26(30)27-19(2)20-8-6-5-7-9-20/h5-11,16,18-19,21H,4,12-15,17H2,1-3H3,(H,27,30). The highest BCUT2D eigenvalue weighted by molar-refractivity contribution is 5.85. The molecule has 164 valence electrons. The molecule has 1 N–H and O–H groups in total. The predicted molar refractivity (Wildman–Crippen MR) is 125 cm³/mol. The quantitative estimate of drug-likeness (QED) is 0.601. The van der Waals surface area contributed by atoms with Crippen LogP contribution in [0.3, 0.4) is 0 Å². The molecule has 1 saturated heterocycles. The lowest BCUT2D eigenvalue weighted by atomic mass is 9.95. The molecule has 0 aliphatic carbocycles. The molecular weight excluding hydrogens is 386 g/mol. The second-order valence-corrected chi connectivity index (χ2v) is 8.51. The van der Waals surface area contributed by atoms with Crippen LogP contribution in [0, 0.1) is 5.92 Å². The number of carbonyl (C=O) groups is 1. The summed E-state index contributed by atoms with van der Waals surface area (Å²) in [5.41, 5.74) is 3.73. The lowest BCUT2D eigenvalue weighted by Gasteiger charge is -2.31. The number of aryl methyl sites for hydroxylation is 1. The van der Waals surface area contributed by atoms with Crippen molar-refractivity contribution in [3.63, 3.8) is 0 Å². The molecule has 5 nitrogen and oxygen atoms in total. The summed E-state index contributed by atoms with van der Waals surface area (Å²) in [5, 5.41) is 4.47. The Balaban J connectivity index is 1.36. The van der Waals surface area contributed by atoms with Gasteiger partial charge in [0.15, 0.2) is 0 Å². The van der Waals surface area contributed by atoms with Crippen LogP contribution in [0.2, 0.25) is 0 Å². The molecule has 0 saturated carbocycles. The number of carbonyl (C=O) groups excluding carboxylic acids is 1. The van der Waals surface area contributed by atoms with Crippen molar-refractivity contribution in [3.8, 4) is 5.75 Å². The molecule has 0 bridgehead atoms. The van der Waals surface area contributed by atoms with E-state index in [4.69, 9.17) is 4.74 Å². The van der Waals surface area contributed by atoms with Gasteiger partial charge in [0.2, 0.25) is 5.91 Å². The summed E-state index contributed by atoms with van der Waals surface area (Å²) in [7, 11) is 1.71. The van der Waals surface area contributed by atoms with Crippen LogP contribution in [0.4, 0.5) is 0 Å². The molecule has 1 atom stereocenters. The molecule has 2 aromatic carbocycles. The van der Waals surface area contributed by atoms with Crippen LogP contribution in [0.25, 0.3) is 10.9 Å². The monoisotopic (exact) mass is 419 g/mol. The fourth-order valence-corrected chi connectivity index (χ4v) is 4.62. The number of hydrogen-bond donors (Lipinski definition) is 1. The molecular formula is C26H33N3O2. The van der Waals surface area contributed by atoms with Gasteiger partial charge in [0.25, 0.3) is 0 Å². The first kappa shape index (κ1) is 21.4. The molecule has 1 aromatic heterocycles. The van der Waals surface area contributed by atoms with E-state index in [0.717, 1.165) is 50.3 Å². The summed E-state index contributed by atoms with van der Waals surface area (Å²) in [6.07, 6.45) is 4.08. The fourth-order valence-electron chi connectivity index (χ4n) is 4.62. The molecule has 31 heavy (non-hydrogen) atoms. The summed E-state index contributed by atoms with van der Waals surface area (Å²) < 4.78 is 7.75. The van der Waals surface area contributed by atoms with Crippen molar-refractivity contribution in [1.82, 2.24) is 14.8 Å². The average molecular weight is 420 g/mol. The minimum atomic E-state index is 0.0434. The number of aromatic nitrogens is 1. The minimum Gasteiger partial charge on any atom is -0.497 e. The van der Waals surface area contributed by atoms with Crippen molar-refractivity contribution in [3.05, 3.63) is 65.9 Å². The van der Waals surface area contributed by atoms with Gasteiger partial charge >= 0.3 is 0 Å². The highest BCUT2D eigenvalue weighted by atomic mass is 16.5. The van der Waals surface area contributed by atoms with Gasteiger partial charge in [-0.15, -0.1) is 0 Å². The Hall–Kier alpha value is -2.79. The highest BCUT2D eigenvalue weighted by Gasteiger charge is 2.26. The van der Waals surface area contributed by atoms with Crippen molar-refractivity contribution in [2.45, 2.75) is 45.8 Å². The molecule has 1 amide bonds. The first-order valence-electron chi connectivity index (χ1n) is 11.3. The summed E-state index contributed by atoms with van der Waals surface area (Å²) in [6, 6.07) is 16.5. The van der Waals surface area contributed by atoms with E-state index < -0.39 is 0 Å². The number of methoxy groups -OCH3 is 1. The third-order valence-electron chi connectivity index (χ3n) is 6.52. The number of ether oxygens (including phenoxy) is 1. The number of amides is 1. The molecule has 1 unspecified atom stereocenters. The Kier molecular flexibility index (Phi) is 6.62. The van der Waals surface area contributed by atoms with E-state index in [1.807, 2.05) is 24.3 Å². The van der Waals surface area contributed by atoms with Gasteiger partial charge in [-0.05, 0) is 69.1 Å². The molecule has 4 rings (SSSR count). The zero-order valence-electron chi connectivity index (χ0n) is 18.8. The van der Waals surface area contributed by atoms with Crippen molar-refractivity contribution in [1.29, 1.82) is 0 Å². The van der Waals surface area contributed by atoms with Crippen molar-refractivity contribution >= 4 is 16.8 Å². The van der Waals surface area contributed by atoms with Gasteiger partial charge in [0.05, 0.1) is 13.2 Å². The fraction of sp³-hybridized carbons (Fsp3) is 0.423. The lowest BCUT2D eigenvalue weighted by Crippen LogP contribution is -2.40. The van der Waals surface area contributed by atoms with Gasteiger partial charge in [-0.25, -0.2) is 0 Å². The normalized spacial score (nSPS) is 16.4. The Morgan fingerprint density at radius 2 is 1.90 bits per heavy atom. The first-order chi connectivity index (χ1) is 15.1. The smallest absolute Gasteiger partial charge is 0.223 e. The van der Waals surface area contributed by atoms with Crippen LogP contribution in [0.1, 0.15) is 43.9 Å². The first-order valence-corrected chi connectivity index (χ1v) is 11.3. The molecule has 3 aromatic rings. The van der Waals surface area contributed by atoms with E-state index in [2.05, 4.69) is 59.1 Å². The maximum absolute atomic E-state index is 12.8. The SMILES string of the molecule is CCn1cc(CN2CCC(C(=O)NC(C)c3ccccc3)CC2)c2cc(OC)ccc21. The molecule has 1 aliphatic rings. The summed E-state index contributed by atoms with van der Waals surface area (Å²) in [5.74, 6) is 1.17. The van der Waals surface area contributed by atoms with Gasteiger partial charge in [0, 0.05) is 36.1 Å².